The van der Waals surface area contributed by atoms with Crippen LogP contribution < -0.4 is 4.74 Å². The van der Waals surface area contributed by atoms with Crippen LogP contribution in [-0.2, 0) is 4.79 Å². The van der Waals surface area contributed by atoms with Gasteiger partial charge in [0.15, 0.2) is 6.10 Å². The van der Waals surface area contributed by atoms with Gasteiger partial charge in [0.05, 0.1) is 24.3 Å². The first kappa shape index (κ1) is 14.4. The van der Waals surface area contributed by atoms with E-state index in [1.807, 2.05) is 6.07 Å². The van der Waals surface area contributed by atoms with Crippen molar-refractivity contribution in [1.29, 1.82) is 5.26 Å². The van der Waals surface area contributed by atoms with E-state index in [0.29, 0.717) is 17.9 Å². The summed E-state index contributed by atoms with van der Waals surface area (Å²) in [7, 11) is 0. The maximum absolute atomic E-state index is 12.3. The molecule has 20 heavy (non-hydrogen) atoms. The third-order valence-corrected chi connectivity index (χ3v) is 3.52. The molecule has 1 aromatic carbocycles. The van der Waals surface area contributed by atoms with Crippen LogP contribution in [0.5, 0.6) is 5.75 Å². The van der Waals surface area contributed by atoms with Gasteiger partial charge in [-0.2, -0.15) is 5.26 Å². The SMILES string of the molecule is CC(Oc1ccc(C#N)cc1)C(=O)N1CCC[C@H]1CO. The Kier molecular flexibility index (Phi) is 4.59. The molecule has 1 aliphatic rings. The van der Waals surface area contributed by atoms with E-state index in [9.17, 15) is 9.90 Å². The largest absolute Gasteiger partial charge is 0.481 e. The number of carbonyl (C=O) groups is 1. The average Bonchev–Trinajstić information content (AvgIpc) is 2.95. The number of nitrogens with zero attached hydrogens (tertiary/aromatic N) is 2. The topological polar surface area (TPSA) is 73.6 Å². The Morgan fingerprint density at radius 3 is 2.85 bits per heavy atom. The Balaban J connectivity index is 1.98. The maximum Gasteiger partial charge on any atom is 0.263 e. The van der Waals surface area contributed by atoms with Crippen molar-refractivity contribution in [3.63, 3.8) is 0 Å². The first-order valence-electron chi connectivity index (χ1n) is 6.74. The van der Waals surface area contributed by atoms with Crippen LogP contribution in [0.15, 0.2) is 24.3 Å². The zero-order valence-corrected chi connectivity index (χ0v) is 11.5. The normalized spacial score (nSPS) is 19.4. The number of hydrogen-bond donors (Lipinski definition) is 1. The summed E-state index contributed by atoms with van der Waals surface area (Å²) in [6.45, 7) is 2.37. The molecule has 2 rings (SSSR count). The molecule has 0 aromatic heterocycles. The molecule has 106 valence electrons. The summed E-state index contributed by atoms with van der Waals surface area (Å²) < 4.78 is 5.60. The molecule has 1 amide bonds. The lowest BCUT2D eigenvalue weighted by Crippen LogP contribution is -2.44. The Morgan fingerprint density at radius 2 is 2.25 bits per heavy atom. The predicted molar refractivity (Wildman–Crippen MR) is 73.1 cm³/mol. The third-order valence-electron chi connectivity index (χ3n) is 3.52. The molecule has 1 N–H and O–H groups in total. The quantitative estimate of drug-likeness (QED) is 0.898. The zero-order chi connectivity index (χ0) is 14.5. The van der Waals surface area contributed by atoms with Gasteiger partial charge in [0.25, 0.3) is 5.91 Å². The molecule has 1 saturated heterocycles. The van der Waals surface area contributed by atoms with E-state index in [1.54, 1.807) is 36.1 Å². The van der Waals surface area contributed by atoms with E-state index in [-0.39, 0.29) is 18.6 Å². The maximum atomic E-state index is 12.3. The summed E-state index contributed by atoms with van der Waals surface area (Å²) >= 11 is 0. The molecule has 0 spiro atoms. The summed E-state index contributed by atoms with van der Waals surface area (Å²) in [6.07, 6.45) is 1.15. The second kappa shape index (κ2) is 6.40. The summed E-state index contributed by atoms with van der Waals surface area (Å²) in [5, 5.41) is 18.0. The van der Waals surface area contributed by atoms with Gasteiger partial charge < -0.3 is 14.7 Å². The number of nitriles is 1. The molecule has 1 aliphatic heterocycles. The highest BCUT2D eigenvalue weighted by Gasteiger charge is 2.31. The highest BCUT2D eigenvalue weighted by molar-refractivity contribution is 5.81. The van der Waals surface area contributed by atoms with Crippen LogP contribution in [0.1, 0.15) is 25.3 Å². The fraction of sp³-hybridized carbons (Fsp3) is 0.467. The van der Waals surface area contributed by atoms with Gasteiger partial charge in [-0.25, -0.2) is 0 Å². The third kappa shape index (κ3) is 3.09. The molecule has 2 atom stereocenters. The number of likely N-dealkylation sites (tertiary alicyclic amines) is 1. The molecule has 0 radical (unpaired) electrons. The van der Waals surface area contributed by atoms with Crippen molar-refractivity contribution >= 4 is 5.91 Å². The van der Waals surface area contributed by atoms with E-state index in [0.717, 1.165) is 12.8 Å². The molecule has 0 bridgehead atoms. The summed E-state index contributed by atoms with van der Waals surface area (Å²) in [5.74, 6) is 0.454. The minimum absolute atomic E-state index is 0.00464. The van der Waals surface area contributed by atoms with Crippen LogP contribution >= 0.6 is 0 Å². The van der Waals surface area contributed by atoms with Gasteiger partial charge in [-0.3, -0.25) is 4.79 Å². The van der Waals surface area contributed by atoms with E-state index < -0.39 is 6.10 Å². The molecule has 1 heterocycles. The first-order chi connectivity index (χ1) is 9.65. The molecule has 1 fully saturated rings. The molecule has 1 aromatic rings. The number of carbonyl (C=O) groups excluding carboxylic acids is 1. The Hall–Kier alpha value is -2.06. The Bertz CT molecular complexity index is 507. The monoisotopic (exact) mass is 274 g/mol. The van der Waals surface area contributed by atoms with E-state index in [4.69, 9.17) is 10.00 Å². The minimum atomic E-state index is -0.602. The van der Waals surface area contributed by atoms with Gasteiger partial charge in [-0.15, -0.1) is 0 Å². The number of benzene rings is 1. The van der Waals surface area contributed by atoms with Gasteiger partial charge in [0.2, 0.25) is 0 Å². The van der Waals surface area contributed by atoms with E-state index >= 15 is 0 Å². The van der Waals surface area contributed by atoms with Crippen LogP contribution in [-0.4, -0.2) is 41.2 Å². The number of ether oxygens (including phenoxy) is 1. The Morgan fingerprint density at radius 1 is 1.55 bits per heavy atom. The first-order valence-corrected chi connectivity index (χ1v) is 6.74. The summed E-state index contributed by atoms with van der Waals surface area (Å²) in [4.78, 5) is 14.0. The second-order valence-corrected chi connectivity index (χ2v) is 4.91. The van der Waals surface area contributed by atoms with Crippen molar-refractivity contribution in [3.05, 3.63) is 29.8 Å². The molecule has 5 heteroatoms. The van der Waals surface area contributed by atoms with Crippen LogP contribution in [0.4, 0.5) is 0 Å². The van der Waals surface area contributed by atoms with E-state index in [2.05, 4.69) is 0 Å². The molecular formula is C15H18N2O3. The van der Waals surface area contributed by atoms with Crippen molar-refractivity contribution in [2.75, 3.05) is 13.2 Å². The van der Waals surface area contributed by atoms with Crippen molar-refractivity contribution < 1.29 is 14.6 Å². The van der Waals surface area contributed by atoms with Gasteiger partial charge in [-0.1, -0.05) is 0 Å². The highest BCUT2D eigenvalue weighted by Crippen LogP contribution is 2.20. The fourth-order valence-electron chi connectivity index (χ4n) is 2.41. The molecule has 0 saturated carbocycles. The molecular weight excluding hydrogens is 256 g/mol. The van der Waals surface area contributed by atoms with Gasteiger partial charge in [0, 0.05) is 6.54 Å². The molecule has 0 aliphatic carbocycles. The lowest BCUT2D eigenvalue weighted by atomic mass is 10.2. The average molecular weight is 274 g/mol. The van der Waals surface area contributed by atoms with Crippen molar-refractivity contribution in [2.45, 2.75) is 31.9 Å². The fourth-order valence-corrected chi connectivity index (χ4v) is 2.41. The summed E-state index contributed by atoms with van der Waals surface area (Å²) in [5.41, 5.74) is 0.552. The van der Waals surface area contributed by atoms with Crippen LogP contribution in [0.25, 0.3) is 0 Å². The van der Waals surface area contributed by atoms with Crippen molar-refractivity contribution in [3.8, 4) is 11.8 Å². The number of aliphatic hydroxyl groups excluding tert-OH is 1. The van der Waals surface area contributed by atoms with Gasteiger partial charge in [-0.05, 0) is 44.0 Å². The highest BCUT2D eigenvalue weighted by atomic mass is 16.5. The minimum Gasteiger partial charge on any atom is -0.481 e. The van der Waals surface area contributed by atoms with Gasteiger partial charge in [0.1, 0.15) is 5.75 Å². The number of hydrogen-bond acceptors (Lipinski definition) is 4. The smallest absolute Gasteiger partial charge is 0.263 e. The lowest BCUT2D eigenvalue weighted by Gasteiger charge is -2.26. The van der Waals surface area contributed by atoms with Crippen molar-refractivity contribution in [1.82, 2.24) is 4.90 Å². The molecule has 1 unspecified atom stereocenters. The zero-order valence-electron chi connectivity index (χ0n) is 11.5. The van der Waals surface area contributed by atoms with Gasteiger partial charge >= 0.3 is 0 Å². The van der Waals surface area contributed by atoms with Crippen molar-refractivity contribution in [2.24, 2.45) is 0 Å². The lowest BCUT2D eigenvalue weighted by molar-refractivity contribution is -0.139. The van der Waals surface area contributed by atoms with Crippen LogP contribution in [0.2, 0.25) is 0 Å². The standard InChI is InChI=1S/C15H18N2O3/c1-11(15(19)17-8-2-3-13(17)10-18)20-14-6-4-12(9-16)5-7-14/h4-7,11,13,18H,2-3,8,10H2,1H3/t11?,13-/m0/s1. The number of rotatable bonds is 4. The predicted octanol–water partition coefficient (Wildman–Crippen LogP) is 1.31. The molecule has 5 nitrogen and oxygen atoms in total. The number of amides is 1. The summed E-state index contributed by atoms with van der Waals surface area (Å²) in [6, 6.07) is 8.60. The Labute approximate surface area is 118 Å². The van der Waals surface area contributed by atoms with Crippen LogP contribution in [0, 0.1) is 11.3 Å². The van der Waals surface area contributed by atoms with Crippen LogP contribution in [0.3, 0.4) is 0 Å². The number of aliphatic hydroxyl groups is 1. The second-order valence-electron chi connectivity index (χ2n) is 4.91. The van der Waals surface area contributed by atoms with E-state index in [1.165, 1.54) is 0 Å².